The maximum atomic E-state index is 12.2. The van der Waals surface area contributed by atoms with Gasteiger partial charge < -0.3 is 20.1 Å². The summed E-state index contributed by atoms with van der Waals surface area (Å²) >= 11 is 0. The van der Waals surface area contributed by atoms with E-state index in [0.717, 1.165) is 5.56 Å². The Balaban J connectivity index is 2.15. The van der Waals surface area contributed by atoms with Crippen LogP contribution in [0.25, 0.3) is 0 Å². The van der Waals surface area contributed by atoms with E-state index in [2.05, 4.69) is 10.6 Å². The van der Waals surface area contributed by atoms with E-state index in [1.807, 2.05) is 13.0 Å². The summed E-state index contributed by atoms with van der Waals surface area (Å²) in [6.07, 6.45) is 0. The van der Waals surface area contributed by atoms with Crippen LogP contribution in [0.15, 0.2) is 42.5 Å². The van der Waals surface area contributed by atoms with Gasteiger partial charge in [-0.1, -0.05) is 18.2 Å². The molecule has 7 nitrogen and oxygen atoms in total. The molecule has 0 radical (unpaired) electrons. The van der Waals surface area contributed by atoms with Gasteiger partial charge in [0.25, 0.3) is 0 Å². The van der Waals surface area contributed by atoms with Gasteiger partial charge in [0.15, 0.2) is 0 Å². The number of hydrogen-bond acceptors (Lipinski definition) is 5. The molecule has 2 aromatic carbocycles. The number of rotatable bonds is 5. The highest BCUT2D eigenvalue weighted by Gasteiger charge is 2.19. The Kier molecular flexibility index (Phi) is 6.32. The second-order valence-corrected chi connectivity index (χ2v) is 5.38. The molecule has 0 aliphatic rings. The molecule has 0 aliphatic carbocycles. The summed E-state index contributed by atoms with van der Waals surface area (Å²) in [5, 5.41) is 4.93. The van der Waals surface area contributed by atoms with Crippen LogP contribution >= 0.6 is 0 Å². The molecule has 7 heteroatoms. The Hall–Kier alpha value is -3.35. The minimum atomic E-state index is -0.912. The Morgan fingerprint density at radius 2 is 1.62 bits per heavy atom. The lowest BCUT2D eigenvalue weighted by Crippen LogP contribution is -2.30. The van der Waals surface area contributed by atoms with E-state index >= 15 is 0 Å². The maximum absolute atomic E-state index is 12.2. The molecule has 0 atom stereocenters. The van der Waals surface area contributed by atoms with Gasteiger partial charge in [-0.15, -0.1) is 0 Å². The van der Waals surface area contributed by atoms with Crippen molar-refractivity contribution in [2.24, 2.45) is 0 Å². The molecule has 26 heavy (non-hydrogen) atoms. The predicted molar refractivity (Wildman–Crippen MR) is 97.4 cm³/mol. The Bertz CT molecular complexity index is 832. The molecule has 0 saturated heterocycles. The van der Waals surface area contributed by atoms with Crippen LogP contribution in [0.3, 0.4) is 0 Å². The standard InChI is InChI=1S/C19H20N2O5/c1-4-26-19(24)13-7-5-6-8-14(13)20-17(22)18(23)21-15-11-12(2)9-10-16(15)25-3/h5-11H,4H2,1-3H3,(H,20,22)(H,21,23). The average Bonchev–Trinajstić information content (AvgIpc) is 2.62. The van der Waals surface area contributed by atoms with E-state index in [-0.39, 0.29) is 17.9 Å². The van der Waals surface area contributed by atoms with Gasteiger partial charge in [-0.3, -0.25) is 9.59 Å². The van der Waals surface area contributed by atoms with Crippen LogP contribution < -0.4 is 15.4 Å². The van der Waals surface area contributed by atoms with Gasteiger partial charge in [-0.25, -0.2) is 4.79 Å². The third kappa shape index (κ3) is 4.60. The number of amides is 2. The number of aryl methyl sites for hydroxylation is 1. The van der Waals surface area contributed by atoms with E-state index < -0.39 is 17.8 Å². The van der Waals surface area contributed by atoms with Gasteiger partial charge in [-0.05, 0) is 43.7 Å². The van der Waals surface area contributed by atoms with Gasteiger partial charge >= 0.3 is 17.8 Å². The number of nitrogens with one attached hydrogen (secondary N) is 2. The number of hydrogen-bond donors (Lipinski definition) is 2. The second kappa shape index (κ2) is 8.66. The van der Waals surface area contributed by atoms with Gasteiger partial charge in [-0.2, -0.15) is 0 Å². The van der Waals surface area contributed by atoms with Crippen LogP contribution in [-0.4, -0.2) is 31.5 Å². The van der Waals surface area contributed by atoms with Gasteiger partial charge in [0.05, 0.1) is 30.7 Å². The molecule has 136 valence electrons. The highest BCUT2D eigenvalue weighted by Crippen LogP contribution is 2.25. The normalized spacial score (nSPS) is 9.96. The average molecular weight is 356 g/mol. The summed E-state index contributed by atoms with van der Waals surface area (Å²) in [5.74, 6) is -1.94. The Labute approximate surface area is 151 Å². The minimum Gasteiger partial charge on any atom is -0.495 e. The molecular formula is C19H20N2O5. The Morgan fingerprint density at radius 3 is 2.27 bits per heavy atom. The van der Waals surface area contributed by atoms with E-state index in [1.54, 1.807) is 31.2 Å². The largest absolute Gasteiger partial charge is 0.495 e. The minimum absolute atomic E-state index is 0.170. The molecule has 0 bridgehead atoms. The number of benzene rings is 2. The molecule has 0 unspecified atom stereocenters. The molecule has 2 N–H and O–H groups in total. The quantitative estimate of drug-likeness (QED) is 0.635. The van der Waals surface area contributed by atoms with Crippen LogP contribution in [0.5, 0.6) is 5.75 Å². The fourth-order valence-corrected chi connectivity index (χ4v) is 2.26. The maximum Gasteiger partial charge on any atom is 0.340 e. The second-order valence-electron chi connectivity index (χ2n) is 5.38. The van der Waals surface area contributed by atoms with E-state index in [1.165, 1.54) is 19.2 Å². The zero-order valence-electron chi connectivity index (χ0n) is 14.8. The lowest BCUT2D eigenvalue weighted by atomic mass is 10.1. The topological polar surface area (TPSA) is 93.7 Å². The molecule has 0 fully saturated rings. The summed E-state index contributed by atoms with van der Waals surface area (Å²) < 4.78 is 10.1. The molecule has 0 aromatic heterocycles. The lowest BCUT2D eigenvalue weighted by molar-refractivity contribution is -0.133. The molecule has 0 aliphatic heterocycles. The number of methoxy groups -OCH3 is 1. The van der Waals surface area contributed by atoms with Crippen LogP contribution in [0.2, 0.25) is 0 Å². The number of carbonyl (C=O) groups is 3. The number of anilines is 2. The number of esters is 1. The third-order valence-corrected chi connectivity index (χ3v) is 3.48. The van der Waals surface area contributed by atoms with Crippen molar-refractivity contribution >= 4 is 29.2 Å². The summed E-state index contributed by atoms with van der Waals surface area (Å²) in [6.45, 7) is 3.74. The summed E-state index contributed by atoms with van der Waals surface area (Å²) in [7, 11) is 1.47. The fraction of sp³-hybridized carbons (Fsp3) is 0.211. The predicted octanol–water partition coefficient (Wildman–Crippen LogP) is 2.76. The molecule has 2 amide bonds. The van der Waals surface area contributed by atoms with Crippen LogP contribution in [0.4, 0.5) is 11.4 Å². The SMILES string of the molecule is CCOC(=O)c1ccccc1NC(=O)C(=O)Nc1cc(C)ccc1OC. The summed E-state index contributed by atoms with van der Waals surface area (Å²) in [4.78, 5) is 36.4. The first-order chi connectivity index (χ1) is 12.5. The molecule has 2 aromatic rings. The van der Waals surface area contributed by atoms with Gasteiger partial charge in [0.1, 0.15) is 5.75 Å². The van der Waals surface area contributed by atoms with Crippen molar-refractivity contribution in [1.29, 1.82) is 0 Å². The number of para-hydroxylation sites is 1. The highest BCUT2D eigenvalue weighted by molar-refractivity contribution is 6.44. The van der Waals surface area contributed by atoms with Crippen molar-refractivity contribution in [2.45, 2.75) is 13.8 Å². The lowest BCUT2D eigenvalue weighted by Gasteiger charge is -2.12. The van der Waals surface area contributed by atoms with Crippen molar-refractivity contribution < 1.29 is 23.9 Å². The van der Waals surface area contributed by atoms with E-state index in [4.69, 9.17) is 9.47 Å². The summed E-state index contributed by atoms with van der Waals surface area (Å²) in [5.41, 5.74) is 1.64. The molecule has 0 saturated carbocycles. The van der Waals surface area contributed by atoms with E-state index in [9.17, 15) is 14.4 Å². The van der Waals surface area contributed by atoms with Crippen LogP contribution in [0.1, 0.15) is 22.8 Å². The van der Waals surface area contributed by atoms with Crippen molar-refractivity contribution in [3.8, 4) is 5.75 Å². The third-order valence-electron chi connectivity index (χ3n) is 3.48. The van der Waals surface area contributed by atoms with Crippen LogP contribution in [0, 0.1) is 6.92 Å². The zero-order chi connectivity index (χ0) is 19.1. The number of ether oxygens (including phenoxy) is 2. The zero-order valence-corrected chi connectivity index (χ0v) is 14.8. The first kappa shape index (κ1) is 19.0. The smallest absolute Gasteiger partial charge is 0.340 e. The molecule has 0 spiro atoms. The Morgan fingerprint density at radius 1 is 0.962 bits per heavy atom. The van der Waals surface area contributed by atoms with Crippen molar-refractivity contribution in [3.63, 3.8) is 0 Å². The van der Waals surface area contributed by atoms with Crippen LogP contribution in [-0.2, 0) is 14.3 Å². The first-order valence-electron chi connectivity index (χ1n) is 7.99. The monoisotopic (exact) mass is 356 g/mol. The fourth-order valence-electron chi connectivity index (χ4n) is 2.26. The summed E-state index contributed by atoms with van der Waals surface area (Å²) in [6, 6.07) is 11.5. The van der Waals surface area contributed by atoms with Crippen molar-refractivity contribution in [2.75, 3.05) is 24.4 Å². The molecular weight excluding hydrogens is 336 g/mol. The first-order valence-corrected chi connectivity index (χ1v) is 7.99. The molecule has 2 rings (SSSR count). The van der Waals surface area contributed by atoms with Gasteiger partial charge in [0.2, 0.25) is 0 Å². The highest BCUT2D eigenvalue weighted by atomic mass is 16.5. The molecule has 0 heterocycles. The van der Waals surface area contributed by atoms with Gasteiger partial charge in [0, 0.05) is 0 Å². The van der Waals surface area contributed by atoms with E-state index in [0.29, 0.717) is 11.4 Å². The number of carbonyl (C=O) groups excluding carboxylic acids is 3. The van der Waals surface area contributed by atoms with Crippen molar-refractivity contribution in [3.05, 3.63) is 53.6 Å². The van der Waals surface area contributed by atoms with Crippen molar-refractivity contribution in [1.82, 2.24) is 0 Å².